The third-order valence-electron chi connectivity index (χ3n) is 5.47. The van der Waals surface area contributed by atoms with Crippen molar-refractivity contribution < 1.29 is 14.4 Å². The highest BCUT2D eigenvalue weighted by atomic mass is 16.2. The lowest BCUT2D eigenvalue weighted by molar-refractivity contribution is -0.135. The van der Waals surface area contributed by atoms with Gasteiger partial charge in [-0.1, -0.05) is 42.5 Å². The second-order valence-electron chi connectivity index (χ2n) is 7.71. The molecule has 0 bridgehead atoms. The fourth-order valence-corrected chi connectivity index (χ4v) is 3.60. The van der Waals surface area contributed by atoms with E-state index in [9.17, 15) is 14.4 Å². The third kappa shape index (κ3) is 4.31. The van der Waals surface area contributed by atoms with Crippen molar-refractivity contribution in [2.45, 2.75) is 26.3 Å². The number of hydrogen-bond donors (Lipinski definition) is 1. The number of nitrogens with zero attached hydrogens (tertiary/aromatic N) is 2. The molecule has 2 atom stereocenters. The SMILES string of the molecule is Cc1cccc(N2C[C@@H](C(=O)N[C@@H](C(=O)N(C)C)c3ccccc3)CC2=O)c1C. The van der Waals surface area contributed by atoms with Crippen LogP contribution in [-0.4, -0.2) is 43.3 Å². The van der Waals surface area contributed by atoms with E-state index >= 15 is 0 Å². The predicted octanol–water partition coefficient (Wildman–Crippen LogP) is 2.60. The molecule has 0 unspecified atom stereocenters. The highest BCUT2D eigenvalue weighted by Gasteiger charge is 2.37. The molecule has 1 saturated heterocycles. The largest absolute Gasteiger partial charge is 0.347 e. The van der Waals surface area contributed by atoms with Crippen LogP contribution in [0.2, 0.25) is 0 Å². The summed E-state index contributed by atoms with van der Waals surface area (Å²) in [7, 11) is 3.32. The van der Waals surface area contributed by atoms with Gasteiger partial charge in [0.2, 0.25) is 17.7 Å². The molecule has 1 aliphatic rings. The van der Waals surface area contributed by atoms with E-state index in [4.69, 9.17) is 0 Å². The molecule has 2 aromatic carbocycles. The number of amides is 3. The van der Waals surface area contributed by atoms with Gasteiger partial charge in [-0.25, -0.2) is 0 Å². The van der Waals surface area contributed by atoms with E-state index in [0.717, 1.165) is 22.4 Å². The first-order valence-corrected chi connectivity index (χ1v) is 9.72. The average Bonchev–Trinajstić information content (AvgIpc) is 3.09. The number of benzene rings is 2. The molecule has 0 aliphatic carbocycles. The molecule has 3 amide bonds. The number of hydrogen-bond acceptors (Lipinski definition) is 3. The van der Waals surface area contributed by atoms with E-state index in [0.29, 0.717) is 6.54 Å². The van der Waals surface area contributed by atoms with E-state index in [2.05, 4.69) is 5.32 Å². The number of nitrogens with one attached hydrogen (secondary N) is 1. The summed E-state index contributed by atoms with van der Waals surface area (Å²) in [5, 5.41) is 2.87. The molecule has 6 nitrogen and oxygen atoms in total. The van der Waals surface area contributed by atoms with Crippen molar-refractivity contribution in [1.82, 2.24) is 10.2 Å². The Morgan fingerprint density at radius 3 is 2.41 bits per heavy atom. The van der Waals surface area contributed by atoms with Crippen molar-refractivity contribution in [1.29, 1.82) is 0 Å². The minimum atomic E-state index is -0.774. The van der Waals surface area contributed by atoms with Crippen LogP contribution in [0.25, 0.3) is 0 Å². The Kier molecular flexibility index (Phi) is 6.01. The maximum absolute atomic E-state index is 13.0. The van der Waals surface area contributed by atoms with Crippen LogP contribution >= 0.6 is 0 Å². The molecule has 1 heterocycles. The molecule has 1 aliphatic heterocycles. The average molecular weight is 393 g/mol. The van der Waals surface area contributed by atoms with E-state index in [1.54, 1.807) is 19.0 Å². The predicted molar refractivity (Wildman–Crippen MR) is 112 cm³/mol. The molecule has 29 heavy (non-hydrogen) atoms. The summed E-state index contributed by atoms with van der Waals surface area (Å²) in [6, 6.07) is 14.2. The molecule has 0 radical (unpaired) electrons. The zero-order chi connectivity index (χ0) is 21.1. The lowest BCUT2D eigenvalue weighted by Crippen LogP contribution is -2.42. The quantitative estimate of drug-likeness (QED) is 0.849. The minimum absolute atomic E-state index is 0.0750. The first kappa shape index (κ1) is 20.6. The lowest BCUT2D eigenvalue weighted by atomic mass is 10.0. The minimum Gasteiger partial charge on any atom is -0.347 e. The molecule has 152 valence electrons. The van der Waals surface area contributed by atoms with Gasteiger partial charge in [-0.05, 0) is 36.6 Å². The topological polar surface area (TPSA) is 69.7 Å². The van der Waals surface area contributed by atoms with Crippen LogP contribution in [0.5, 0.6) is 0 Å². The smallest absolute Gasteiger partial charge is 0.249 e. The normalized spacial score (nSPS) is 17.2. The van der Waals surface area contributed by atoms with E-state index < -0.39 is 12.0 Å². The van der Waals surface area contributed by atoms with E-state index in [-0.39, 0.29) is 24.1 Å². The molecule has 0 spiro atoms. The fourth-order valence-electron chi connectivity index (χ4n) is 3.60. The van der Waals surface area contributed by atoms with Gasteiger partial charge < -0.3 is 15.1 Å². The lowest BCUT2D eigenvalue weighted by Gasteiger charge is -2.24. The summed E-state index contributed by atoms with van der Waals surface area (Å²) in [5.41, 5.74) is 3.69. The summed E-state index contributed by atoms with van der Waals surface area (Å²) >= 11 is 0. The molecule has 1 fully saturated rings. The van der Waals surface area contributed by atoms with Crippen molar-refractivity contribution in [3.05, 3.63) is 65.2 Å². The third-order valence-corrected chi connectivity index (χ3v) is 5.47. The Hall–Kier alpha value is -3.15. The van der Waals surface area contributed by atoms with E-state index in [1.807, 2.05) is 62.4 Å². The summed E-state index contributed by atoms with van der Waals surface area (Å²) < 4.78 is 0. The molecule has 6 heteroatoms. The zero-order valence-corrected chi connectivity index (χ0v) is 17.3. The molecular formula is C23H27N3O3. The second kappa shape index (κ2) is 8.47. The molecule has 0 saturated carbocycles. The van der Waals surface area contributed by atoms with Crippen molar-refractivity contribution in [2.75, 3.05) is 25.5 Å². The highest BCUT2D eigenvalue weighted by Crippen LogP contribution is 2.30. The highest BCUT2D eigenvalue weighted by molar-refractivity contribution is 6.01. The van der Waals surface area contributed by atoms with Gasteiger partial charge in [0, 0.05) is 32.7 Å². The Bertz CT molecular complexity index is 924. The molecular weight excluding hydrogens is 366 g/mol. The number of aryl methyl sites for hydroxylation is 1. The molecule has 3 rings (SSSR count). The van der Waals surface area contributed by atoms with Crippen LogP contribution in [0.15, 0.2) is 48.5 Å². The van der Waals surface area contributed by atoms with Crippen molar-refractivity contribution in [3.63, 3.8) is 0 Å². The zero-order valence-electron chi connectivity index (χ0n) is 17.3. The Labute approximate surface area is 171 Å². The van der Waals surface area contributed by atoms with Gasteiger partial charge in [0.25, 0.3) is 0 Å². The van der Waals surface area contributed by atoms with Crippen molar-refractivity contribution in [2.24, 2.45) is 5.92 Å². The van der Waals surface area contributed by atoms with Crippen LogP contribution in [0.3, 0.4) is 0 Å². The number of carbonyl (C=O) groups excluding carboxylic acids is 3. The van der Waals surface area contributed by atoms with Gasteiger partial charge in [0.1, 0.15) is 6.04 Å². The van der Waals surface area contributed by atoms with Crippen molar-refractivity contribution in [3.8, 4) is 0 Å². The van der Waals surface area contributed by atoms with Crippen LogP contribution in [0, 0.1) is 19.8 Å². The molecule has 2 aromatic rings. The monoisotopic (exact) mass is 393 g/mol. The van der Waals surface area contributed by atoms with Crippen LogP contribution in [-0.2, 0) is 14.4 Å². The standard InChI is InChI=1S/C23H27N3O3/c1-15-9-8-12-19(16(15)2)26-14-18(13-20(26)27)22(28)24-21(23(29)25(3)4)17-10-6-5-7-11-17/h5-12,18,21H,13-14H2,1-4H3,(H,24,28)/t18-,21+/m0/s1. The second-order valence-corrected chi connectivity index (χ2v) is 7.71. The summed E-state index contributed by atoms with van der Waals surface area (Å²) in [5.74, 6) is -1.06. The first-order chi connectivity index (χ1) is 13.8. The van der Waals surface area contributed by atoms with Gasteiger partial charge in [-0.15, -0.1) is 0 Å². The van der Waals surface area contributed by atoms with E-state index in [1.165, 1.54) is 4.90 Å². The number of carbonyl (C=O) groups is 3. The van der Waals surface area contributed by atoms with Gasteiger partial charge >= 0.3 is 0 Å². The summed E-state index contributed by atoms with van der Waals surface area (Å²) in [6.07, 6.45) is 0.136. The van der Waals surface area contributed by atoms with Gasteiger partial charge in [0.15, 0.2) is 0 Å². The molecule has 0 aromatic heterocycles. The van der Waals surface area contributed by atoms with Gasteiger partial charge in [-0.2, -0.15) is 0 Å². The summed E-state index contributed by atoms with van der Waals surface area (Å²) in [4.78, 5) is 41.4. The Morgan fingerprint density at radius 1 is 1.07 bits per heavy atom. The Morgan fingerprint density at radius 2 is 1.76 bits per heavy atom. The van der Waals surface area contributed by atoms with Gasteiger partial charge in [0.05, 0.1) is 5.92 Å². The maximum atomic E-state index is 13.0. The first-order valence-electron chi connectivity index (χ1n) is 9.72. The van der Waals surface area contributed by atoms with Crippen LogP contribution in [0.1, 0.15) is 29.2 Å². The number of anilines is 1. The fraction of sp³-hybridized carbons (Fsp3) is 0.348. The Balaban J connectivity index is 1.78. The van der Waals surface area contributed by atoms with Crippen molar-refractivity contribution >= 4 is 23.4 Å². The summed E-state index contributed by atoms with van der Waals surface area (Å²) in [6.45, 7) is 4.29. The number of rotatable bonds is 5. The van der Waals surface area contributed by atoms with Crippen LogP contribution < -0.4 is 10.2 Å². The van der Waals surface area contributed by atoms with Crippen LogP contribution in [0.4, 0.5) is 5.69 Å². The number of likely N-dealkylation sites (N-methyl/N-ethyl adjacent to an activating group) is 1. The molecule has 1 N–H and O–H groups in total. The maximum Gasteiger partial charge on any atom is 0.249 e. The van der Waals surface area contributed by atoms with Gasteiger partial charge in [-0.3, -0.25) is 14.4 Å².